The number of carbonyl (C=O) groups is 1. The van der Waals surface area contributed by atoms with Gasteiger partial charge in [0.1, 0.15) is 5.52 Å². The molecule has 1 atom stereocenters. The van der Waals surface area contributed by atoms with E-state index in [0.717, 1.165) is 5.56 Å². The van der Waals surface area contributed by atoms with Crippen molar-refractivity contribution in [2.75, 3.05) is 18.5 Å². The minimum atomic E-state index is -0.293. The maximum Gasteiger partial charge on any atom is 0.319 e. The molecule has 1 unspecified atom stereocenters. The molecule has 6 nitrogen and oxygen atoms in total. The van der Waals surface area contributed by atoms with Gasteiger partial charge in [0.2, 0.25) is 0 Å². The van der Waals surface area contributed by atoms with E-state index in [4.69, 9.17) is 4.42 Å². The molecule has 6 heteroatoms. The summed E-state index contributed by atoms with van der Waals surface area (Å²) in [5.41, 5.74) is 3.14. The van der Waals surface area contributed by atoms with Gasteiger partial charge >= 0.3 is 6.03 Å². The van der Waals surface area contributed by atoms with E-state index in [-0.39, 0.29) is 18.6 Å². The van der Waals surface area contributed by atoms with Crippen LogP contribution in [0.3, 0.4) is 0 Å². The van der Waals surface area contributed by atoms with Crippen molar-refractivity contribution >= 4 is 22.8 Å². The lowest BCUT2D eigenvalue weighted by Gasteiger charge is -2.17. The van der Waals surface area contributed by atoms with Crippen molar-refractivity contribution < 1.29 is 14.3 Å². The van der Waals surface area contributed by atoms with Gasteiger partial charge in [-0.2, -0.15) is 0 Å². The van der Waals surface area contributed by atoms with Gasteiger partial charge < -0.3 is 20.2 Å². The molecular weight excluding hydrogens is 318 g/mol. The van der Waals surface area contributed by atoms with Crippen LogP contribution in [-0.4, -0.2) is 29.3 Å². The molecule has 1 aromatic heterocycles. The summed E-state index contributed by atoms with van der Waals surface area (Å²) in [6, 6.07) is 14.9. The van der Waals surface area contributed by atoms with Crippen molar-refractivity contribution in [2.24, 2.45) is 0 Å². The second-order valence-corrected chi connectivity index (χ2v) is 5.87. The number of nitrogens with one attached hydrogen (secondary N) is 2. The van der Waals surface area contributed by atoms with Crippen LogP contribution in [0.2, 0.25) is 0 Å². The number of fused-ring (bicyclic) bond motifs is 1. The van der Waals surface area contributed by atoms with E-state index < -0.39 is 0 Å². The second-order valence-electron chi connectivity index (χ2n) is 5.87. The third-order valence-electron chi connectivity index (χ3n) is 4.01. The Morgan fingerprint density at radius 1 is 1.24 bits per heavy atom. The van der Waals surface area contributed by atoms with Crippen LogP contribution in [0.1, 0.15) is 23.8 Å². The number of benzene rings is 2. The highest BCUT2D eigenvalue weighted by molar-refractivity contribution is 5.91. The summed E-state index contributed by atoms with van der Waals surface area (Å²) >= 11 is 0. The Bertz CT molecular complexity index is 846. The topological polar surface area (TPSA) is 87.4 Å². The summed E-state index contributed by atoms with van der Waals surface area (Å²) < 4.78 is 5.42. The van der Waals surface area contributed by atoms with Crippen LogP contribution in [0.25, 0.3) is 11.1 Å². The molecule has 3 aromatic rings. The molecule has 2 amide bonds. The van der Waals surface area contributed by atoms with Crippen LogP contribution in [0.5, 0.6) is 0 Å². The van der Waals surface area contributed by atoms with Gasteiger partial charge in [0.05, 0.1) is 0 Å². The maximum atomic E-state index is 12.2. The molecule has 0 radical (unpaired) electrons. The monoisotopic (exact) mass is 339 g/mol. The first kappa shape index (κ1) is 17.0. The summed E-state index contributed by atoms with van der Waals surface area (Å²) in [5.74, 6) is 0.656. The summed E-state index contributed by atoms with van der Waals surface area (Å²) in [7, 11) is 0. The number of aliphatic hydroxyl groups is 1. The number of hydrogen-bond donors (Lipinski definition) is 3. The van der Waals surface area contributed by atoms with Crippen LogP contribution >= 0.6 is 0 Å². The zero-order chi connectivity index (χ0) is 17.6. The molecule has 3 N–H and O–H groups in total. The third-order valence-corrected chi connectivity index (χ3v) is 4.01. The Balaban J connectivity index is 1.60. The summed E-state index contributed by atoms with van der Waals surface area (Å²) in [6.45, 7) is 2.30. The largest absolute Gasteiger partial charge is 0.441 e. The van der Waals surface area contributed by atoms with Crippen LogP contribution in [0, 0.1) is 6.92 Å². The Labute approximate surface area is 145 Å². The average Bonchev–Trinajstić information content (AvgIpc) is 2.98. The Kier molecular flexibility index (Phi) is 5.30. The molecule has 0 bridgehead atoms. The molecule has 0 aliphatic carbocycles. The SMILES string of the molecule is Cc1nc2cc(NC(=O)NCC(CCO)c3ccccc3)ccc2o1. The van der Waals surface area contributed by atoms with Crippen LogP contribution in [0.4, 0.5) is 10.5 Å². The van der Waals surface area contributed by atoms with E-state index >= 15 is 0 Å². The van der Waals surface area contributed by atoms with Crippen molar-refractivity contribution in [1.29, 1.82) is 0 Å². The molecule has 0 saturated heterocycles. The first-order valence-corrected chi connectivity index (χ1v) is 8.23. The molecule has 3 rings (SSSR count). The fraction of sp³-hybridized carbons (Fsp3) is 0.263. The molecule has 0 saturated carbocycles. The predicted octanol–water partition coefficient (Wildman–Crippen LogP) is 3.42. The number of oxazole rings is 1. The molecule has 0 aliphatic rings. The molecule has 2 aromatic carbocycles. The van der Waals surface area contributed by atoms with Crippen molar-refractivity contribution in [3.05, 3.63) is 60.0 Å². The number of aromatic nitrogens is 1. The van der Waals surface area contributed by atoms with Crippen LogP contribution in [-0.2, 0) is 0 Å². The van der Waals surface area contributed by atoms with Crippen molar-refractivity contribution in [2.45, 2.75) is 19.3 Å². The lowest BCUT2D eigenvalue weighted by molar-refractivity contribution is 0.248. The number of amides is 2. The zero-order valence-electron chi connectivity index (χ0n) is 14.0. The lowest BCUT2D eigenvalue weighted by Crippen LogP contribution is -2.32. The van der Waals surface area contributed by atoms with Gasteiger partial charge in [-0.15, -0.1) is 0 Å². The third kappa shape index (κ3) is 4.36. The number of aliphatic hydroxyl groups excluding tert-OH is 1. The van der Waals surface area contributed by atoms with E-state index in [0.29, 0.717) is 35.6 Å². The number of rotatable bonds is 6. The summed E-state index contributed by atoms with van der Waals surface area (Å²) in [6.07, 6.45) is 0.592. The Morgan fingerprint density at radius 2 is 2.04 bits per heavy atom. The van der Waals surface area contributed by atoms with Gasteiger partial charge in [-0.1, -0.05) is 30.3 Å². The minimum absolute atomic E-state index is 0.0672. The molecule has 25 heavy (non-hydrogen) atoms. The van der Waals surface area contributed by atoms with E-state index in [1.807, 2.05) is 30.3 Å². The molecule has 0 fully saturated rings. The highest BCUT2D eigenvalue weighted by atomic mass is 16.3. The Morgan fingerprint density at radius 3 is 2.80 bits per heavy atom. The summed E-state index contributed by atoms with van der Waals surface area (Å²) in [5, 5.41) is 14.9. The van der Waals surface area contributed by atoms with Crippen molar-refractivity contribution in [1.82, 2.24) is 10.3 Å². The van der Waals surface area contributed by atoms with Crippen molar-refractivity contribution in [3.63, 3.8) is 0 Å². The van der Waals surface area contributed by atoms with E-state index in [1.165, 1.54) is 0 Å². The van der Waals surface area contributed by atoms with E-state index in [1.54, 1.807) is 25.1 Å². The number of aryl methyl sites for hydroxylation is 1. The molecule has 0 aliphatic heterocycles. The quantitative estimate of drug-likeness (QED) is 0.642. The fourth-order valence-electron chi connectivity index (χ4n) is 2.78. The zero-order valence-corrected chi connectivity index (χ0v) is 14.0. The normalized spacial score (nSPS) is 12.1. The first-order valence-electron chi connectivity index (χ1n) is 8.23. The Hall–Kier alpha value is -2.86. The predicted molar refractivity (Wildman–Crippen MR) is 96.7 cm³/mol. The molecule has 1 heterocycles. The smallest absolute Gasteiger partial charge is 0.319 e. The highest BCUT2D eigenvalue weighted by Crippen LogP contribution is 2.20. The maximum absolute atomic E-state index is 12.2. The second kappa shape index (κ2) is 7.81. The van der Waals surface area contributed by atoms with Gasteiger partial charge in [-0.3, -0.25) is 0 Å². The number of urea groups is 1. The summed E-state index contributed by atoms with van der Waals surface area (Å²) in [4.78, 5) is 16.4. The lowest BCUT2D eigenvalue weighted by atomic mass is 9.96. The molecule has 0 spiro atoms. The van der Waals surface area contributed by atoms with Gasteiger partial charge in [0.15, 0.2) is 11.5 Å². The van der Waals surface area contributed by atoms with E-state index in [9.17, 15) is 9.90 Å². The van der Waals surface area contributed by atoms with Gasteiger partial charge in [0, 0.05) is 31.7 Å². The number of anilines is 1. The van der Waals surface area contributed by atoms with Gasteiger partial charge in [-0.05, 0) is 30.2 Å². The van der Waals surface area contributed by atoms with E-state index in [2.05, 4.69) is 15.6 Å². The number of hydrogen-bond acceptors (Lipinski definition) is 4. The molecule has 130 valence electrons. The van der Waals surface area contributed by atoms with Gasteiger partial charge in [-0.25, -0.2) is 9.78 Å². The van der Waals surface area contributed by atoms with Crippen LogP contribution in [0.15, 0.2) is 52.9 Å². The number of nitrogens with zero attached hydrogens (tertiary/aromatic N) is 1. The standard InChI is InChI=1S/C19H21N3O3/c1-13-21-17-11-16(7-8-18(17)25-13)22-19(24)20-12-15(9-10-23)14-5-3-2-4-6-14/h2-8,11,15,23H,9-10,12H2,1H3,(H2,20,22,24). The average molecular weight is 339 g/mol. The number of carbonyl (C=O) groups excluding carboxylic acids is 1. The first-order chi connectivity index (χ1) is 12.2. The van der Waals surface area contributed by atoms with Gasteiger partial charge in [0.25, 0.3) is 0 Å². The fourth-order valence-corrected chi connectivity index (χ4v) is 2.78. The molecular formula is C19H21N3O3. The van der Waals surface area contributed by atoms with Crippen molar-refractivity contribution in [3.8, 4) is 0 Å². The highest BCUT2D eigenvalue weighted by Gasteiger charge is 2.13. The minimum Gasteiger partial charge on any atom is -0.441 e. The van der Waals surface area contributed by atoms with Crippen LogP contribution < -0.4 is 10.6 Å².